The van der Waals surface area contributed by atoms with E-state index in [0.717, 1.165) is 0 Å². The molecule has 0 amide bonds. The fourth-order valence-corrected chi connectivity index (χ4v) is 3.53. The van der Waals surface area contributed by atoms with E-state index in [9.17, 15) is 9.90 Å². The van der Waals surface area contributed by atoms with Crippen LogP contribution in [0.1, 0.15) is 41.6 Å². The van der Waals surface area contributed by atoms with Crippen LogP contribution < -0.4 is 4.74 Å². The standard InChI is InChI=1S/C22H27NO3/c1-23(19-9-5-6-10-19)15-20(24)16-26-21-13-11-18(12-14-21)22(25)17-7-3-2-4-8-17/h2-4,7-8,11-14,19-20,24H,5-6,9-10,15-16H2,1H3/t20-/m1/s1. The van der Waals surface area contributed by atoms with Gasteiger partial charge in [0.1, 0.15) is 18.5 Å². The SMILES string of the molecule is CN(C[C@@H](O)COc1ccc(C(=O)c2ccccc2)cc1)C1CCCC1. The Balaban J connectivity index is 1.49. The number of ketones is 1. The van der Waals surface area contributed by atoms with Crippen LogP contribution in [0.5, 0.6) is 5.75 Å². The molecule has 1 aliphatic carbocycles. The van der Waals surface area contributed by atoms with Crippen molar-refractivity contribution in [2.45, 2.75) is 37.8 Å². The number of hydrogen-bond acceptors (Lipinski definition) is 4. The minimum absolute atomic E-state index is 0.00428. The predicted octanol–water partition coefficient (Wildman–Crippen LogP) is 3.53. The highest BCUT2D eigenvalue weighted by atomic mass is 16.5. The highest BCUT2D eigenvalue weighted by Crippen LogP contribution is 2.22. The van der Waals surface area contributed by atoms with Crippen LogP contribution in [0.3, 0.4) is 0 Å². The lowest BCUT2D eigenvalue weighted by molar-refractivity contribution is 0.0638. The molecule has 138 valence electrons. The van der Waals surface area contributed by atoms with Crippen LogP contribution in [0, 0.1) is 0 Å². The lowest BCUT2D eigenvalue weighted by Gasteiger charge is -2.26. The third-order valence-electron chi connectivity index (χ3n) is 5.04. The van der Waals surface area contributed by atoms with Crippen LogP contribution in [0.4, 0.5) is 0 Å². The first-order chi connectivity index (χ1) is 12.6. The zero-order chi connectivity index (χ0) is 18.4. The summed E-state index contributed by atoms with van der Waals surface area (Å²) >= 11 is 0. The fraction of sp³-hybridized carbons (Fsp3) is 0.409. The first-order valence-electron chi connectivity index (χ1n) is 9.34. The van der Waals surface area contributed by atoms with Gasteiger partial charge in [0.15, 0.2) is 5.78 Å². The second kappa shape index (κ2) is 8.97. The van der Waals surface area contributed by atoms with Crippen LogP contribution in [0.2, 0.25) is 0 Å². The van der Waals surface area contributed by atoms with Crippen molar-refractivity contribution in [3.63, 3.8) is 0 Å². The smallest absolute Gasteiger partial charge is 0.193 e. The zero-order valence-electron chi connectivity index (χ0n) is 15.3. The Kier molecular flexibility index (Phi) is 6.42. The third kappa shape index (κ3) is 4.93. The molecule has 2 aromatic carbocycles. The average Bonchev–Trinajstić information content (AvgIpc) is 3.22. The van der Waals surface area contributed by atoms with Crippen molar-refractivity contribution in [2.24, 2.45) is 0 Å². The molecule has 0 unspecified atom stereocenters. The predicted molar refractivity (Wildman–Crippen MR) is 103 cm³/mol. The average molecular weight is 353 g/mol. The van der Waals surface area contributed by atoms with Gasteiger partial charge in [0.05, 0.1) is 0 Å². The number of aliphatic hydroxyl groups excluding tert-OH is 1. The van der Waals surface area contributed by atoms with Gasteiger partial charge >= 0.3 is 0 Å². The topological polar surface area (TPSA) is 49.8 Å². The van der Waals surface area contributed by atoms with Gasteiger partial charge in [-0.3, -0.25) is 4.79 Å². The fourth-order valence-electron chi connectivity index (χ4n) is 3.53. The summed E-state index contributed by atoms with van der Waals surface area (Å²) in [5, 5.41) is 10.2. The first kappa shape index (κ1) is 18.6. The molecular weight excluding hydrogens is 326 g/mol. The minimum atomic E-state index is -0.522. The molecular formula is C22H27NO3. The molecule has 1 fully saturated rings. The number of aliphatic hydroxyl groups is 1. The van der Waals surface area contributed by atoms with Crippen LogP contribution in [0.15, 0.2) is 54.6 Å². The van der Waals surface area contributed by atoms with Crippen molar-refractivity contribution in [1.29, 1.82) is 0 Å². The summed E-state index contributed by atoms with van der Waals surface area (Å²) in [5.74, 6) is 0.660. The van der Waals surface area contributed by atoms with Gasteiger partial charge in [-0.2, -0.15) is 0 Å². The highest BCUT2D eigenvalue weighted by molar-refractivity contribution is 6.08. The van der Waals surface area contributed by atoms with Crippen molar-refractivity contribution in [3.05, 3.63) is 65.7 Å². The molecule has 4 nitrogen and oxygen atoms in total. The molecule has 4 heteroatoms. The van der Waals surface area contributed by atoms with E-state index in [0.29, 0.717) is 29.5 Å². The number of likely N-dealkylation sites (N-methyl/N-ethyl adjacent to an activating group) is 1. The van der Waals surface area contributed by atoms with Gasteiger partial charge in [-0.15, -0.1) is 0 Å². The molecule has 0 aromatic heterocycles. The number of benzene rings is 2. The third-order valence-corrected chi connectivity index (χ3v) is 5.04. The van der Waals surface area contributed by atoms with Gasteiger partial charge in [-0.25, -0.2) is 0 Å². The molecule has 0 heterocycles. The molecule has 1 atom stereocenters. The van der Waals surface area contributed by atoms with Crippen molar-refractivity contribution < 1.29 is 14.6 Å². The summed E-state index contributed by atoms with van der Waals surface area (Å²) in [6, 6.07) is 16.9. The Morgan fingerprint density at radius 1 is 1.08 bits per heavy atom. The Bertz CT molecular complexity index is 693. The summed E-state index contributed by atoms with van der Waals surface area (Å²) in [4.78, 5) is 14.6. The van der Waals surface area contributed by atoms with E-state index < -0.39 is 6.10 Å². The summed E-state index contributed by atoms with van der Waals surface area (Å²) in [5.41, 5.74) is 1.30. The molecule has 0 spiro atoms. The minimum Gasteiger partial charge on any atom is -0.491 e. The number of ether oxygens (including phenoxy) is 1. The largest absolute Gasteiger partial charge is 0.491 e. The van der Waals surface area contributed by atoms with Gasteiger partial charge in [0.25, 0.3) is 0 Å². The van der Waals surface area contributed by atoms with Crippen LogP contribution >= 0.6 is 0 Å². The summed E-state index contributed by atoms with van der Waals surface area (Å²) in [6.45, 7) is 0.873. The van der Waals surface area contributed by atoms with Crippen molar-refractivity contribution in [3.8, 4) is 5.75 Å². The quantitative estimate of drug-likeness (QED) is 0.738. The molecule has 0 saturated heterocycles. The number of hydrogen-bond donors (Lipinski definition) is 1. The Morgan fingerprint density at radius 2 is 1.69 bits per heavy atom. The van der Waals surface area contributed by atoms with Crippen molar-refractivity contribution in [1.82, 2.24) is 4.90 Å². The lowest BCUT2D eigenvalue weighted by Crippen LogP contribution is -2.38. The van der Waals surface area contributed by atoms with Crippen LogP contribution in [-0.4, -0.2) is 48.1 Å². The van der Waals surface area contributed by atoms with E-state index in [1.807, 2.05) is 30.3 Å². The second-order valence-electron chi connectivity index (χ2n) is 7.06. The van der Waals surface area contributed by atoms with E-state index >= 15 is 0 Å². The lowest BCUT2D eigenvalue weighted by atomic mass is 10.0. The number of carbonyl (C=O) groups is 1. The highest BCUT2D eigenvalue weighted by Gasteiger charge is 2.21. The van der Waals surface area contributed by atoms with Gasteiger partial charge in [0.2, 0.25) is 0 Å². The van der Waals surface area contributed by atoms with Crippen LogP contribution in [0.25, 0.3) is 0 Å². The van der Waals surface area contributed by atoms with E-state index in [-0.39, 0.29) is 12.4 Å². The Morgan fingerprint density at radius 3 is 2.35 bits per heavy atom. The van der Waals surface area contributed by atoms with Crippen molar-refractivity contribution in [2.75, 3.05) is 20.2 Å². The maximum absolute atomic E-state index is 12.4. The monoisotopic (exact) mass is 353 g/mol. The molecule has 3 rings (SSSR count). The van der Waals surface area contributed by atoms with E-state index in [1.165, 1.54) is 25.7 Å². The zero-order valence-corrected chi connectivity index (χ0v) is 15.3. The van der Waals surface area contributed by atoms with E-state index in [4.69, 9.17) is 4.74 Å². The second-order valence-corrected chi connectivity index (χ2v) is 7.06. The van der Waals surface area contributed by atoms with Crippen LogP contribution in [-0.2, 0) is 0 Å². The van der Waals surface area contributed by atoms with Gasteiger partial charge in [-0.1, -0.05) is 43.2 Å². The normalized spacial score (nSPS) is 16.0. The summed E-state index contributed by atoms with van der Waals surface area (Å²) in [6.07, 6.45) is 4.50. The first-order valence-corrected chi connectivity index (χ1v) is 9.34. The molecule has 0 radical (unpaired) electrons. The van der Waals surface area contributed by atoms with Gasteiger partial charge < -0.3 is 14.7 Å². The molecule has 1 N–H and O–H groups in total. The Labute approximate surface area is 155 Å². The maximum Gasteiger partial charge on any atom is 0.193 e. The molecule has 1 saturated carbocycles. The number of carbonyl (C=O) groups excluding carboxylic acids is 1. The molecule has 26 heavy (non-hydrogen) atoms. The molecule has 1 aliphatic rings. The summed E-state index contributed by atoms with van der Waals surface area (Å²) < 4.78 is 5.68. The molecule has 0 bridgehead atoms. The van der Waals surface area contributed by atoms with Crippen molar-refractivity contribution >= 4 is 5.78 Å². The number of rotatable bonds is 8. The molecule has 2 aromatic rings. The Hall–Kier alpha value is -2.17. The van der Waals surface area contributed by atoms with Gasteiger partial charge in [-0.05, 0) is 44.2 Å². The maximum atomic E-state index is 12.4. The van der Waals surface area contributed by atoms with Gasteiger partial charge in [0, 0.05) is 23.7 Å². The number of nitrogens with zero attached hydrogens (tertiary/aromatic N) is 1. The molecule has 0 aliphatic heterocycles. The van der Waals surface area contributed by atoms with E-state index in [1.54, 1.807) is 24.3 Å². The summed E-state index contributed by atoms with van der Waals surface area (Å²) in [7, 11) is 2.07. The van der Waals surface area contributed by atoms with E-state index in [2.05, 4.69) is 11.9 Å².